The molecule has 3 rings (SSSR count). The Morgan fingerprint density at radius 1 is 1.19 bits per heavy atom. The molecule has 3 nitrogen and oxygen atoms in total. The van der Waals surface area contributed by atoms with E-state index in [1.165, 1.54) is 5.57 Å². The number of unbranched alkanes of at least 4 members (excludes halogenated alkanes) is 2. The molecule has 0 unspecified atom stereocenters. The van der Waals surface area contributed by atoms with Gasteiger partial charge in [0, 0.05) is 24.0 Å². The van der Waals surface area contributed by atoms with Crippen LogP contribution in [0.25, 0.3) is 0 Å². The minimum atomic E-state index is -0.231. The number of rotatable bonds is 6. The zero-order chi connectivity index (χ0) is 19.8. The van der Waals surface area contributed by atoms with Crippen LogP contribution >= 0.6 is 0 Å². The Morgan fingerprint density at radius 2 is 1.93 bits per heavy atom. The van der Waals surface area contributed by atoms with Gasteiger partial charge in [-0.05, 0) is 69.6 Å². The van der Waals surface area contributed by atoms with Crippen LogP contribution in [0, 0.1) is 5.92 Å². The van der Waals surface area contributed by atoms with Crippen molar-refractivity contribution in [2.75, 3.05) is 6.61 Å². The fraction of sp³-hybridized carbons (Fsp3) is 0.667. The standard InChI is InChI=1S/C24H36O3/c1-16-9-10-19-18(13-16)22-20(26)14-17(15-21(22)27-24(19,4)5)23(2,3)11-7-6-8-12-25/h9,14-15,18-19,25-26H,6-8,10-13H2,1-5H3/t18-,19-/m1/s1. The van der Waals surface area contributed by atoms with Crippen LogP contribution in [0.5, 0.6) is 11.5 Å². The molecule has 3 heteroatoms. The van der Waals surface area contributed by atoms with Gasteiger partial charge in [-0.15, -0.1) is 0 Å². The van der Waals surface area contributed by atoms with Gasteiger partial charge >= 0.3 is 0 Å². The molecule has 0 amide bonds. The number of phenolic OH excluding ortho intramolecular Hbond substituents is 1. The summed E-state index contributed by atoms with van der Waals surface area (Å²) in [4.78, 5) is 0. The zero-order valence-corrected chi connectivity index (χ0v) is 17.6. The van der Waals surface area contributed by atoms with Crippen LogP contribution < -0.4 is 4.74 Å². The van der Waals surface area contributed by atoms with Crippen LogP contribution in [0.2, 0.25) is 0 Å². The van der Waals surface area contributed by atoms with Gasteiger partial charge in [-0.2, -0.15) is 0 Å². The summed E-state index contributed by atoms with van der Waals surface area (Å²) in [5, 5.41) is 20.0. The first kappa shape index (κ1) is 20.3. The second-order valence-corrected chi connectivity index (χ2v) is 9.73. The summed E-state index contributed by atoms with van der Waals surface area (Å²) >= 11 is 0. The number of fused-ring (bicyclic) bond motifs is 3. The van der Waals surface area contributed by atoms with Crippen molar-refractivity contribution in [2.24, 2.45) is 5.92 Å². The molecule has 2 atom stereocenters. The molecule has 0 spiro atoms. The molecule has 2 N–H and O–H groups in total. The molecule has 1 aliphatic carbocycles. The van der Waals surface area contributed by atoms with Crippen LogP contribution in [0.15, 0.2) is 23.8 Å². The van der Waals surface area contributed by atoms with E-state index in [9.17, 15) is 5.11 Å². The molecule has 1 aromatic carbocycles. The van der Waals surface area contributed by atoms with Gasteiger partial charge in [0.2, 0.25) is 0 Å². The smallest absolute Gasteiger partial charge is 0.127 e. The van der Waals surface area contributed by atoms with Gasteiger partial charge in [0.15, 0.2) is 0 Å². The maximum atomic E-state index is 11.0. The fourth-order valence-corrected chi connectivity index (χ4v) is 4.96. The van der Waals surface area contributed by atoms with E-state index >= 15 is 0 Å². The van der Waals surface area contributed by atoms with Crippen molar-refractivity contribution in [3.63, 3.8) is 0 Å². The predicted molar refractivity (Wildman–Crippen MR) is 111 cm³/mol. The first-order valence-electron chi connectivity index (χ1n) is 10.5. The summed E-state index contributed by atoms with van der Waals surface area (Å²) in [6.45, 7) is 11.3. The third kappa shape index (κ3) is 4.03. The van der Waals surface area contributed by atoms with Crippen LogP contribution in [0.4, 0.5) is 0 Å². The van der Waals surface area contributed by atoms with Crippen molar-refractivity contribution >= 4 is 0 Å². The Balaban J connectivity index is 1.93. The lowest BCUT2D eigenvalue weighted by molar-refractivity contribution is 0.00741. The van der Waals surface area contributed by atoms with Crippen molar-refractivity contribution in [2.45, 2.75) is 90.1 Å². The van der Waals surface area contributed by atoms with Crippen molar-refractivity contribution in [3.8, 4) is 11.5 Å². The molecule has 0 saturated heterocycles. The highest BCUT2D eigenvalue weighted by Crippen LogP contribution is 2.54. The topological polar surface area (TPSA) is 49.7 Å². The van der Waals surface area contributed by atoms with Crippen LogP contribution in [-0.4, -0.2) is 22.4 Å². The summed E-state index contributed by atoms with van der Waals surface area (Å²) in [5.41, 5.74) is 3.29. The number of allylic oxidation sites excluding steroid dienone is 2. The highest BCUT2D eigenvalue weighted by molar-refractivity contribution is 5.54. The van der Waals surface area contributed by atoms with E-state index in [1.54, 1.807) is 0 Å². The van der Waals surface area contributed by atoms with Gasteiger partial charge < -0.3 is 14.9 Å². The largest absolute Gasteiger partial charge is 0.508 e. The number of aliphatic hydroxyl groups is 1. The average Bonchev–Trinajstić information content (AvgIpc) is 2.57. The summed E-state index contributed by atoms with van der Waals surface area (Å²) in [6.07, 6.45) is 8.35. The molecule has 0 aromatic heterocycles. The monoisotopic (exact) mass is 372 g/mol. The van der Waals surface area contributed by atoms with Crippen molar-refractivity contribution < 1.29 is 14.9 Å². The van der Waals surface area contributed by atoms with Gasteiger partial charge in [-0.1, -0.05) is 38.3 Å². The summed E-state index contributed by atoms with van der Waals surface area (Å²) in [7, 11) is 0. The first-order valence-corrected chi connectivity index (χ1v) is 10.5. The fourth-order valence-electron chi connectivity index (χ4n) is 4.96. The number of aliphatic hydroxyl groups excluding tert-OH is 1. The third-order valence-electron chi connectivity index (χ3n) is 6.75. The zero-order valence-electron chi connectivity index (χ0n) is 17.6. The van der Waals surface area contributed by atoms with E-state index in [1.807, 2.05) is 6.07 Å². The Kier molecular flexibility index (Phi) is 5.63. The van der Waals surface area contributed by atoms with Gasteiger partial charge in [-0.3, -0.25) is 0 Å². The number of aromatic hydroxyl groups is 1. The van der Waals surface area contributed by atoms with Crippen LogP contribution in [0.3, 0.4) is 0 Å². The molecule has 2 aliphatic rings. The SMILES string of the molecule is CC1=CC[C@@H]2[C@@H](C1)c1c(O)cc(C(C)(C)CCCCCO)cc1OC2(C)C. The quantitative estimate of drug-likeness (QED) is 0.487. The molecule has 1 aliphatic heterocycles. The number of hydrogen-bond acceptors (Lipinski definition) is 3. The lowest BCUT2D eigenvalue weighted by Crippen LogP contribution is -2.45. The average molecular weight is 373 g/mol. The van der Waals surface area contributed by atoms with Crippen molar-refractivity contribution in [3.05, 3.63) is 34.9 Å². The van der Waals surface area contributed by atoms with Gasteiger partial charge in [0.05, 0.1) is 0 Å². The van der Waals surface area contributed by atoms with Gasteiger partial charge in [0.25, 0.3) is 0 Å². The molecule has 0 fully saturated rings. The molecular formula is C24H36O3. The summed E-state index contributed by atoms with van der Waals surface area (Å²) in [5.74, 6) is 1.99. The number of ether oxygens (including phenoxy) is 1. The van der Waals surface area contributed by atoms with E-state index < -0.39 is 0 Å². The number of benzene rings is 1. The predicted octanol–water partition coefficient (Wildman–Crippen LogP) is 5.83. The van der Waals surface area contributed by atoms with Crippen molar-refractivity contribution in [1.82, 2.24) is 0 Å². The third-order valence-corrected chi connectivity index (χ3v) is 6.75. The van der Waals surface area contributed by atoms with E-state index in [2.05, 4.69) is 46.8 Å². The molecule has 0 radical (unpaired) electrons. The molecule has 0 bridgehead atoms. The van der Waals surface area contributed by atoms with E-state index in [-0.39, 0.29) is 17.6 Å². The Labute approximate surface area is 164 Å². The molecule has 150 valence electrons. The second kappa shape index (κ2) is 7.50. The van der Waals surface area contributed by atoms with Gasteiger partial charge in [0.1, 0.15) is 17.1 Å². The summed E-state index contributed by atoms with van der Waals surface area (Å²) in [6, 6.07) is 4.14. The maximum absolute atomic E-state index is 11.0. The van der Waals surface area contributed by atoms with Crippen LogP contribution in [-0.2, 0) is 5.41 Å². The Bertz CT molecular complexity index is 715. The molecule has 27 heavy (non-hydrogen) atoms. The lowest BCUT2D eigenvalue weighted by Gasteiger charge is -2.47. The van der Waals surface area contributed by atoms with Crippen molar-refractivity contribution in [1.29, 1.82) is 0 Å². The maximum Gasteiger partial charge on any atom is 0.127 e. The van der Waals surface area contributed by atoms with E-state index in [0.717, 1.165) is 55.4 Å². The Hall–Kier alpha value is -1.48. The Morgan fingerprint density at radius 3 is 2.63 bits per heavy atom. The summed E-state index contributed by atoms with van der Waals surface area (Å²) < 4.78 is 6.46. The van der Waals surface area contributed by atoms with E-state index in [4.69, 9.17) is 9.84 Å². The highest BCUT2D eigenvalue weighted by atomic mass is 16.5. The minimum Gasteiger partial charge on any atom is -0.508 e. The van der Waals surface area contributed by atoms with E-state index in [0.29, 0.717) is 17.6 Å². The van der Waals surface area contributed by atoms with Gasteiger partial charge in [-0.25, -0.2) is 0 Å². The first-order chi connectivity index (χ1) is 12.7. The minimum absolute atomic E-state index is 0.0330. The number of phenols is 1. The molecular weight excluding hydrogens is 336 g/mol. The van der Waals surface area contributed by atoms with Crippen LogP contribution in [0.1, 0.15) is 90.2 Å². The lowest BCUT2D eigenvalue weighted by atomic mass is 9.66. The molecule has 1 aromatic rings. The second-order valence-electron chi connectivity index (χ2n) is 9.73. The molecule has 0 saturated carbocycles. The normalized spacial score (nSPS) is 23.9. The highest BCUT2D eigenvalue weighted by Gasteiger charge is 2.46. The molecule has 1 heterocycles. The number of hydrogen-bond donors (Lipinski definition) is 2.